The molecule has 31 heavy (non-hydrogen) atoms. The fourth-order valence-corrected chi connectivity index (χ4v) is 4.40. The third-order valence-electron chi connectivity index (χ3n) is 6.24. The maximum absolute atomic E-state index is 5.86. The van der Waals surface area contributed by atoms with E-state index in [0.29, 0.717) is 11.9 Å². The van der Waals surface area contributed by atoms with Gasteiger partial charge in [-0.05, 0) is 47.9 Å². The zero-order valence-corrected chi connectivity index (χ0v) is 19.1. The summed E-state index contributed by atoms with van der Waals surface area (Å²) in [6, 6.07) is 6.16. The Hall–Kier alpha value is -2.89. The fourth-order valence-electron chi connectivity index (χ4n) is 4.40. The van der Waals surface area contributed by atoms with Crippen molar-refractivity contribution in [3.05, 3.63) is 42.5 Å². The van der Waals surface area contributed by atoms with Crippen LogP contribution in [0.1, 0.15) is 59.1 Å². The number of nitrogens with zero attached hydrogens (tertiary/aromatic N) is 4. The van der Waals surface area contributed by atoms with Crippen LogP contribution >= 0.6 is 0 Å². The Morgan fingerprint density at radius 2 is 1.81 bits per heavy atom. The van der Waals surface area contributed by atoms with Crippen molar-refractivity contribution in [2.75, 3.05) is 5.73 Å². The summed E-state index contributed by atoms with van der Waals surface area (Å²) in [5.41, 5.74) is 10.9. The summed E-state index contributed by atoms with van der Waals surface area (Å²) in [5, 5.41) is 5.29. The van der Waals surface area contributed by atoms with Crippen LogP contribution in [0.5, 0.6) is 0 Å². The molecule has 6 nitrogen and oxygen atoms in total. The van der Waals surface area contributed by atoms with Gasteiger partial charge in [0.25, 0.3) is 0 Å². The summed E-state index contributed by atoms with van der Waals surface area (Å²) >= 11 is 0. The molecule has 0 atom stereocenters. The van der Waals surface area contributed by atoms with Crippen LogP contribution in [-0.2, 0) is 6.42 Å². The molecule has 5 rings (SSSR count). The number of nitrogen functional groups attached to an aromatic ring is 1. The molecule has 0 radical (unpaired) electrons. The van der Waals surface area contributed by atoms with E-state index in [0.717, 1.165) is 51.6 Å². The standard InChI is InChI=1S/C17H18N6.C8H16/c1-10(2)7-14-15-13(9-19-16(15)22-17(18)21-14)11-4-6-23-12(8-11)3-5-20-23;1-7-3-5-8(2)6-4-7/h3-6,8-10H,7H2,1-2H3,(H3,18,19,21,22);7-8H,3-6H2,1-2H3. The number of anilines is 1. The van der Waals surface area contributed by atoms with Gasteiger partial charge in [-0.1, -0.05) is 53.4 Å². The maximum Gasteiger partial charge on any atom is 0.222 e. The van der Waals surface area contributed by atoms with E-state index < -0.39 is 0 Å². The van der Waals surface area contributed by atoms with E-state index in [-0.39, 0.29) is 0 Å². The number of aromatic amines is 1. The predicted octanol–water partition coefficient (Wildman–Crippen LogP) is 5.89. The highest BCUT2D eigenvalue weighted by Gasteiger charge is 2.16. The molecule has 0 aromatic carbocycles. The van der Waals surface area contributed by atoms with E-state index in [9.17, 15) is 0 Å². The lowest BCUT2D eigenvalue weighted by Gasteiger charge is -2.22. The van der Waals surface area contributed by atoms with E-state index in [1.165, 1.54) is 25.7 Å². The molecule has 4 aromatic rings. The zero-order chi connectivity index (χ0) is 22.0. The van der Waals surface area contributed by atoms with Crippen molar-refractivity contribution in [2.45, 2.75) is 59.8 Å². The lowest BCUT2D eigenvalue weighted by molar-refractivity contribution is 0.308. The average Bonchev–Trinajstić information content (AvgIpc) is 3.36. The summed E-state index contributed by atoms with van der Waals surface area (Å²) in [7, 11) is 0. The molecule has 6 heteroatoms. The van der Waals surface area contributed by atoms with Gasteiger partial charge in [-0.25, -0.2) is 9.50 Å². The van der Waals surface area contributed by atoms with E-state index in [4.69, 9.17) is 5.73 Å². The molecule has 0 aliphatic heterocycles. The number of nitrogens with one attached hydrogen (secondary N) is 1. The predicted molar refractivity (Wildman–Crippen MR) is 128 cm³/mol. The van der Waals surface area contributed by atoms with Crippen LogP contribution < -0.4 is 5.73 Å². The molecule has 0 spiro atoms. The van der Waals surface area contributed by atoms with Gasteiger partial charge in [-0.15, -0.1) is 0 Å². The smallest absolute Gasteiger partial charge is 0.222 e. The number of rotatable bonds is 3. The number of hydrogen-bond donors (Lipinski definition) is 2. The minimum Gasteiger partial charge on any atom is -0.368 e. The SMILES string of the molecule is CC(C)Cc1nc(N)nc2[nH]cc(-c3ccn4nccc4c3)c12.CC1CCC(C)CC1. The molecule has 0 bridgehead atoms. The Morgan fingerprint density at radius 1 is 1.10 bits per heavy atom. The summed E-state index contributed by atoms with van der Waals surface area (Å²) in [6.07, 6.45) is 12.5. The number of nitrogens with two attached hydrogens (primary N) is 1. The topological polar surface area (TPSA) is 84.9 Å². The molecular formula is C25H34N6. The monoisotopic (exact) mass is 418 g/mol. The van der Waals surface area contributed by atoms with Crippen LogP contribution in [0.25, 0.3) is 27.7 Å². The van der Waals surface area contributed by atoms with Crippen molar-refractivity contribution in [3.8, 4) is 11.1 Å². The first-order valence-corrected chi connectivity index (χ1v) is 11.5. The van der Waals surface area contributed by atoms with Crippen LogP contribution in [0.15, 0.2) is 36.8 Å². The van der Waals surface area contributed by atoms with Gasteiger partial charge in [0, 0.05) is 29.5 Å². The van der Waals surface area contributed by atoms with Crippen LogP contribution in [-0.4, -0.2) is 24.6 Å². The third-order valence-corrected chi connectivity index (χ3v) is 6.24. The van der Waals surface area contributed by atoms with Crippen molar-refractivity contribution < 1.29 is 0 Å². The quantitative estimate of drug-likeness (QED) is 0.435. The molecule has 4 aromatic heterocycles. The summed E-state index contributed by atoms with van der Waals surface area (Å²) in [4.78, 5) is 12.0. The van der Waals surface area contributed by atoms with Crippen LogP contribution in [0.4, 0.5) is 5.95 Å². The van der Waals surface area contributed by atoms with E-state index in [2.05, 4.69) is 59.9 Å². The number of pyridine rings is 1. The number of aromatic nitrogens is 5. The van der Waals surface area contributed by atoms with Crippen molar-refractivity contribution >= 4 is 22.5 Å². The van der Waals surface area contributed by atoms with Gasteiger partial charge in [-0.3, -0.25) is 0 Å². The van der Waals surface area contributed by atoms with Crippen LogP contribution in [0.3, 0.4) is 0 Å². The van der Waals surface area contributed by atoms with Gasteiger partial charge in [0.15, 0.2) is 0 Å². The molecule has 164 valence electrons. The minimum atomic E-state index is 0.313. The number of fused-ring (bicyclic) bond motifs is 2. The van der Waals surface area contributed by atoms with E-state index in [1.54, 1.807) is 6.20 Å². The molecule has 1 saturated carbocycles. The van der Waals surface area contributed by atoms with Gasteiger partial charge in [0.05, 0.1) is 11.2 Å². The molecule has 0 saturated heterocycles. The highest BCUT2D eigenvalue weighted by Crippen LogP contribution is 2.32. The van der Waals surface area contributed by atoms with Crippen molar-refractivity contribution in [2.24, 2.45) is 17.8 Å². The second-order valence-corrected chi connectivity index (χ2v) is 9.53. The first-order chi connectivity index (χ1) is 14.9. The lowest BCUT2D eigenvalue weighted by atomic mass is 9.84. The molecule has 0 amide bonds. The van der Waals surface area contributed by atoms with E-state index >= 15 is 0 Å². The molecule has 1 aliphatic carbocycles. The van der Waals surface area contributed by atoms with E-state index in [1.807, 2.05) is 23.0 Å². The van der Waals surface area contributed by atoms with Crippen LogP contribution in [0, 0.1) is 17.8 Å². The van der Waals surface area contributed by atoms with Gasteiger partial charge in [0.1, 0.15) is 5.65 Å². The zero-order valence-electron chi connectivity index (χ0n) is 19.1. The first kappa shape index (κ1) is 21.3. The molecular weight excluding hydrogens is 384 g/mol. The molecule has 3 N–H and O–H groups in total. The van der Waals surface area contributed by atoms with Crippen LogP contribution in [0.2, 0.25) is 0 Å². The van der Waals surface area contributed by atoms with Gasteiger partial charge in [0.2, 0.25) is 5.95 Å². The third kappa shape index (κ3) is 4.89. The highest BCUT2D eigenvalue weighted by atomic mass is 15.2. The fraction of sp³-hybridized carbons (Fsp3) is 0.480. The summed E-state index contributed by atoms with van der Waals surface area (Å²) in [6.45, 7) is 9.08. The number of hydrogen-bond acceptors (Lipinski definition) is 4. The van der Waals surface area contributed by atoms with Crippen molar-refractivity contribution in [1.29, 1.82) is 0 Å². The largest absolute Gasteiger partial charge is 0.368 e. The van der Waals surface area contributed by atoms with Gasteiger partial charge < -0.3 is 10.7 Å². The summed E-state index contributed by atoms with van der Waals surface area (Å²) < 4.78 is 1.85. The Morgan fingerprint density at radius 3 is 2.48 bits per heavy atom. The van der Waals surface area contributed by atoms with Crippen molar-refractivity contribution in [1.82, 2.24) is 24.6 Å². The van der Waals surface area contributed by atoms with Gasteiger partial charge >= 0.3 is 0 Å². The Kier molecular flexibility index (Phi) is 6.25. The van der Waals surface area contributed by atoms with Gasteiger partial charge in [-0.2, -0.15) is 10.1 Å². The average molecular weight is 419 g/mol. The molecule has 4 heterocycles. The highest BCUT2D eigenvalue weighted by molar-refractivity contribution is 5.96. The molecule has 1 fully saturated rings. The second-order valence-electron chi connectivity index (χ2n) is 9.53. The normalized spacial score (nSPS) is 19.0. The Labute approximate surface area is 184 Å². The maximum atomic E-state index is 5.86. The Balaban J connectivity index is 0.000000245. The summed E-state index contributed by atoms with van der Waals surface area (Å²) in [5.74, 6) is 2.85. The minimum absolute atomic E-state index is 0.313. The second kappa shape index (κ2) is 9.08. The number of H-pyrrole nitrogens is 1. The Bertz CT molecular complexity index is 1140. The first-order valence-electron chi connectivity index (χ1n) is 11.5. The molecule has 0 unspecified atom stereocenters. The molecule has 1 aliphatic rings. The van der Waals surface area contributed by atoms with Crippen molar-refractivity contribution in [3.63, 3.8) is 0 Å². The lowest BCUT2D eigenvalue weighted by Crippen LogP contribution is -2.08.